The summed E-state index contributed by atoms with van der Waals surface area (Å²) in [5.74, 6) is -1.01. The van der Waals surface area contributed by atoms with Gasteiger partial charge in [-0.15, -0.1) is 0 Å². The molecule has 0 unspecified atom stereocenters. The lowest BCUT2D eigenvalue weighted by atomic mass is 10.1. The first-order valence-corrected chi connectivity index (χ1v) is 8.82. The van der Waals surface area contributed by atoms with E-state index in [9.17, 15) is 14.4 Å². The number of hydrogen-bond donors (Lipinski definition) is 1. The Balaban J connectivity index is 1.91. The van der Waals surface area contributed by atoms with Gasteiger partial charge in [0.05, 0.1) is 30.7 Å². The maximum atomic E-state index is 12.4. The number of methoxy groups -OCH3 is 1. The fourth-order valence-electron chi connectivity index (χ4n) is 2.88. The second kappa shape index (κ2) is 9.33. The molecule has 2 atom stereocenters. The minimum absolute atomic E-state index is 0.0382. The number of carbonyl (C=O) groups is 3. The lowest BCUT2D eigenvalue weighted by Gasteiger charge is -2.23. The second-order valence-electron chi connectivity index (χ2n) is 6.45. The standard InChI is InChI=1S/C19H26N2O5/c1-4-9-26-19(24)14-5-7-16(8-6-14)20-18(23)15-10-17(22)21(11-15)13(2)12-25-3/h5-8,13,15H,4,9-12H2,1-3H3,(H,20,23)/t13-,15+/m0/s1. The number of anilines is 1. The molecule has 0 aliphatic carbocycles. The van der Waals surface area contributed by atoms with E-state index in [0.717, 1.165) is 6.42 Å². The van der Waals surface area contributed by atoms with Gasteiger partial charge in [0.25, 0.3) is 0 Å². The molecule has 7 heteroatoms. The number of carbonyl (C=O) groups excluding carboxylic acids is 3. The Morgan fingerprint density at radius 2 is 2.00 bits per heavy atom. The molecule has 1 saturated heterocycles. The van der Waals surface area contributed by atoms with Crippen LogP contribution in [0.15, 0.2) is 24.3 Å². The van der Waals surface area contributed by atoms with E-state index in [2.05, 4.69) is 5.32 Å². The van der Waals surface area contributed by atoms with Gasteiger partial charge in [-0.05, 0) is 37.6 Å². The number of amides is 2. The molecular formula is C19H26N2O5. The van der Waals surface area contributed by atoms with Crippen LogP contribution in [0.1, 0.15) is 37.0 Å². The number of hydrogen-bond acceptors (Lipinski definition) is 5. The Morgan fingerprint density at radius 3 is 2.62 bits per heavy atom. The monoisotopic (exact) mass is 362 g/mol. The molecule has 1 aliphatic rings. The molecule has 1 N–H and O–H groups in total. The van der Waals surface area contributed by atoms with E-state index in [-0.39, 0.29) is 30.2 Å². The molecule has 1 aromatic carbocycles. The van der Waals surface area contributed by atoms with Gasteiger partial charge in [-0.25, -0.2) is 4.79 Å². The highest BCUT2D eigenvalue weighted by atomic mass is 16.5. The minimum Gasteiger partial charge on any atom is -0.462 e. The summed E-state index contributed by atoms with van der Waals surface area (Å²) in [5.41, 5.74) is 1.02. The fraction of sp³-hybridized carbons (Fsp3) is 0.526. The van der Waals surface area contributed by atoms with Crippen molar-refractivity contribution in [3.8, 4) is 0 Å². The highest BCUT2D eigenvalue weighted by Gasteiger charge is 2.36. The van der Waals surface area contributed by atoms with Gasteiger partial charge in [-0.2, -0.15) is 0 Å². The Hall–Kier alpha value is -2.41. The molecule has 1 heterocycles. The molecule has 0 spiro atoms. The average Bonchev–Trinajstić information content (AvgIpc) is 3.02. The lowest BCUT2D eigenvalue weighted by molar-refractivity contribution is -0.130. The number of ether oxygens (including phenoxy) is 2. The van der Waals surface area contributed by atoms with E-state index in [0.29, 0.717) is 31.0 Å². The third kappa shape index (κ3) is 5.05. The van der Waals surface area contributed by atoms with E-state index in [1.54, 1.807) is 36.3 Å². The molecule has 0 radical (unpaired) electrons. The van der Waals surface area contributed by atoms with Gasteiger partial charge in [-0.3, -0.25) is 9.59 Å². The second-order valence-corrected chi connectivity index (χ2v) is 6.45. The van der Waals surface area contributed by atoms with Crippen LogP contribution in [0, 0.1) is 5.92 Å². The summed E-state index contributed by atoms with van der Waals surface area (Å²) in [4.78, 5) is 38.0. The zero-order valence-electron chi connectivity index (χ0n) is 15.5. The van der Waals surface area contributed by atoms with Crippen molar-refractivity contribution in [2.24, 2.45) is 5.92 Å². The average molecular weight is 362 g/mol. The molecule has 1 aliphatic heterocycles. The number of rotatable bonds is 8. The molecule has 2 amide bonds. The molecule has 7 nitrogen and oxygen atoms in total. The Labute approximate surface area is 153 Å². The summed E-state index contributed by atoms with van der Waals surface area (Å²) in [6.45, 7) is 5.03. The Bertz CT molecular complexity index is 644. The topological polar surface area (TPSA) is 84.9 Å². The van der Waals surface area contributed by atoms with Crippen LogP contribution in [0.4, 0.5) is 5.69 Å². The maximum absolute atomic E-state index is 12.4. The normalized spacial score (nSPS) is 17.9. The Morgan fingerprint density at radius 1 is 1.31 bits per heavy atom. The first-order chi connectivity index (χ1) is 12.5. The molecule has 26 heavy (non-hydrogen) atoms. The van der Waals surface area contributed by atoms with Crippen molar-refractivity contribution >= 4 is 23.5 Å². The molecule has 142 valence electrons. The van der Waals surface area contributed by atoms with Crippen molar-refractivity contribution in [3.63, 3.8) is 0 Å². The number of likely N-dealkylation sites (tertiary alicyclic amines) is 1. The number of nitrogens with one attached hydrogen (secondary N) is 1. The summed E-state index contributed by atoms with van der Waals surface area (Å²) in [7, 11) is 1.59. The van der Waals surface area contributed by atoms with Crippen molar-refractivity contribution in [1.29, 1.82) is 0 Å². The van der Waals surface area contributed by atoms with Crippen LogP contribution in [0.2, 0.25) is 0 Å². The van der Waals surface area contributed by atoms with Crippen molar-refractivity contribution in [2.75, 3.05) is 32.2 Å². The van der Waals surface area contributed by atoms with Crippen LogP contribution in [0.3, 0.4) is 0 Å². The zero-order chi connectivity index (χ0) is 19.1. The third-order valence-corrected chi connectivity index (χ3v) is 4.29. The van der Waals surface area contributed by atoms with Crippen LogP contribution >= 0.6 is 0 Å². The first-order valence-electron chi connectivity index (χ1n) is 8.82. The van der Waals surface area contributed by atoms with E-state index < -0.39 is 5.92 Å². The summed E-state index contributed by atoms with van der Waals surface area (Å²) in [5, 5.41) is 2.80. The summed E-state index contributed by atoms with van der Waals surface area (Å²) in [6, 6.07) is 6.48. The van der Waals surface area contributed by atoms with E-state index in [1.807, 2.05) is 13.8 Å². The first kappa shape index (κ1) is 19.9. The van der Waals surface area contributed by atoms with Gasteiger partial charge in [0.2, 0.25) is 11.8 Å². The van der Waals surface area contributed by atoms with Gasteiger partial charge in [-0.1, -0.05) is 6.92 Å². The number of nitrogens with zero attached hydrogens (tertiary/aromatic N) is 1. The largest absolute Gasteiger partial charge is 0.462 e. The molecule has 2 rings (SSSR count). The third-order valence-electron chi connectivity index (χ3n) is 4.29. The van der Waals surface area contributed by atoms with Crippen molar-refractivity contribution in [1.82, 2.24) is 4.90 Å². The quantitative estimate of drug-likeness (QED) is 0.716. The van der Waals surface area contributed by atoms with Gasteiger partial charge in [0, 0.05) is 25.8 Å². The van der Waals surface area contributed by atoms with Crippen molar-refractivity contribution in [3.05, 3.63) is 29.8 Å². The van der Waals surface area contributed by atoms with Crippen LogP contribution in [0.25, 0.3) is 0 Å². The van der Waals surface area contributed by atoms with Crippen LogP contribution in [0.5, 0.6) is 0 Å². The van der Waals surface area contributed by atoms with Gasteiger partial charge < -0.3 is 19.7 Å². The van der Waals surface area contributed by atoms with E-state index >= 15 is 0 Å². The maximum Gasteiger partial charge on any atom is 0.338 e. The molecule has 1 fully saturated rings. The highest BCUT2D eigenvalue weighted by molar-refractivity contribution is 5.97. The van der Waals surface area contributed by atoms with Crippen LogP contribution < -0.4 is 5.32 Å². The highest BCUT2D eigenvalue weighted by Crippen LogP contribution is 2.22. The lowest BCUT2D eigenvalue weighted by Crippen LogP contribution is -2.38. The smallest absolute Gasteiger partial charge is 0.338 e. The molecule has 1 aromatic rings. The van der Waals surface area contributed by atoms with Crippen LogP contribution in [-0.4, -0.2) is 55.6 Å². The predicted octanol–water partition coefficient (Wildman–Crippen LogP) is 2.08. The van der Waals surface area contributed by atoms with Crippen molar-refractivity contribution in [2.45, 2.75) is 32.7 Å². The van der Waals surface area contributed by atoms with Crippen LogP contribution in [-0.2, 0) is 19.1 Å². The molecule has 0 saturated carbocycles. The summed E-state index contributed by atoms with van der Waals surface area (Å²) in [6.07, 6.45) is 0.960. The SMILES string of the molecule is CCCOC(=O)c1ccc(NC(=O)[C@@H]2CC(=O)N([C@@H](C)COC)C2)cc1. The van der Waals surface area contributed by atoms with Gasteiger partial charge in [0.1, 0.15) is 0 Å². The molecular weight excluding hydrogens is 336 g/mol. The van der Waals surface area contributed by atoms with Gasteiger partial charge in [0.15, 0.2) is 0 Å². The summed E-state index contributed by atoms with van der Waals surface area (Å²) < 4.78 is 10.1. The summed E-state index contributed by atoms with van der Waals surface area (Å²) >= 11 is 0. The fourth-order valence-corrected chi connectivity index (χ4v) is 2.88. The van der Waals surface area contributed by atoms with E-state index in [4.69, 9.17) is 9.47 Å². The zero-order valence-corrected chi connectivity index (χ0v) is 15.5. The minimum atomic E-state index is -0.393. The molecule has 0 aromatic heterocycles. The van der Waals surface area contributed by atoms with Gasteiger partial charge >= 0.3 is 5.97 Å². The van der Waals surface area contributed by atoms with Crippen molar-refractivity contribution < 1.29 is 23.9 Å². The number of esters is 1. The Kier molecular flexibility index (Phi) is 7.15. The number of benzene rings is 1. The van der Waals surface area contributed by atoms with E-state index in [1.165, 1.54) is 0 Å². The molecule has 0 bridgehead atoms. The predicted molar refractivity (Wildman–Crippen MR) is 96.8 cm³/mol.